The summed E-state index contributed by atoms with van der Waals surface area (Å²) in [7, 11) is 0. The number of benzene rings is 1. The number of para-hydroxylation sites is 1. The standard InChI is InChI=1S/C13H18N2O4/c1-8(16)12(13(14)18)15-7-10-5-3-4-6-11(10)19-9(2)17/h3-6,8,12,15-16H,7H2,1-2H3,(H2,14,18)/t8-,12+/m1/s1. The molecular weight excluding hydrogens is 248 g/mol. The maximum atomic E-state index is 11.1. The van der Waals surface area contributed by atoms with Crippen LogP contribution in [0.5, 0.6) is 5.75 Å². The van der Waals surface area contributed by atoms with Crippen molar-refractivity contribution in [3.63, 3.8) is 0 Å². The van der Waals surface area contributed by atoms with Gasteiger partial charge in [-0.15, -0.1) is 0 Å². The predicted octanol–water partition coefficient (Wildman–Crippen LogP) is -0.0638. The second-order valence-corrected chi connectivity index (χ2v) is 4.20. The lowest BCUT2D eigenvalue weighted by atomic mass is 10.1. The fraction of sp³-hybridized carbons (Fsp3) is 0.385. The Kier molecular flexibility index (Phi) is 5.47. The first-order valence-electron chi connectivity index (χ1n) is 5.89. The highest BCUT2D eigenvalue weighted by Crippen LogP contribution is 2.18. The van der Waals surface area contributed by atoms with E-state index in [1.165, 1.54) is 13.8 Å². The van der Waals surface area contributed by atoms with E-state index in [2.05, 4.69) is 5.32 Å². The van der Waals surface area contributed by atoms with Crippen molar-refractivity contribution >= 4 is 11.9 Å². The van der Waals surface area contributed by atoms with Crippen LogP contribution in [0.25, 0.3) is 0 Å². The Labute approximate surface area is 111 Å². The third-order valence-corrected chi connectivity index (χ3v) is 2.53. The third kappa shape index (κ3) is 4.69. The van der Waals surface area contributed by atoms with Crippen LogP contribution in [0.4, 0.5) is 0 Å². The highest BCUT2D eigenvalue weighted by Gasteiger charge is 2.20. The fourth-order valence-corrected chi connectivity index (χ4v) is 1.63. The molecule has 1 rings (SSSR count). The first-order valence-corrected chi connectivity index (χ1v) is 5.89. The molecule has 1 aromatic rings. The van der Waals surface area contributed by atoms with Crippen LogP contribution in [-0.2, 0) is 16.1 Å². The van der Waals surface area contributed by atoms with Gasteiger partial charge in [-0.3, -0.25) is 14.9 Å². The second-order valence-electron chi connectivity index (χ2n) is 4.20. The molecule has 0 aromatic heterocycles. The summed E-state index contributed by atoms with van der Waals surface area (Å²) in [5.74, 6) is -0.647. The smallest absolute Gasteiger partial charge is 0.308 e. The van der Waals surface area contributed by atoms with Gasteiger partial charge in [-0.1, -0.05) is 18.2 Å². The molecule has 1 amide bonds. The average Bonchev–Trinajstić information content (AvgIpc) is 2.29. The van der Waals surface area contributed by atoms with Crippen LogP contribution < -0.4 is 15.8 Å². The van der Waals surface area contributed by atoms with Crippen molar-refractivity contribution in [2.24, 2.45) is 5.73 Å². The molecule has 0 heterocycles. The molecule has 0 aliphatic carbocycles. The van der Waals surface area contributed by atoms with Gasteiger partial charge in [0.05, 0.1) is 6.10 Å². The van der Waals surface area contributed by atoms with Crippen molar-refractivity contribution in [3.05, 3.63) is 29.8 Å². The van der Waals surface area contributed by atoms with Crippen LogP contribution in [0.15, 0.2) is 24.3 Å². The van der Waals surface area contributed by atoms with Gasteiger partial charge in [-0.25, -0.2) is 0 Å². The Hall–Kier alpha value is -1.92. The Bertz CT molecular complexity index is 460. The van der Waals surface area contributed by atoms with Crippen molar-refractivity contribution < 1.29 is 19.4 Å². The van der Waals surface area contributed by atoms with E-state index in [1.807, 2.05) is 0 Å². The largest absolute Gasteiger partial charge is 0.426 e. The topological polar surface area (TPSA) is 102 Å². The molecule has 6 nitrogen and oxygen atoms in total. The van der Waals surface area contributed by atoms with E-state index in [0.717, 1.165) is 0 Å². The average molecular weight is 266 g/mol. The van der Waals surface area contributed by atoms with Gasteiger partial charge >= 0.3 is 5.97 Å². The van der Waals surface area contributed by atoms with Crippen LogP contribution in [0.3, 0.4) is 0 Å². The number of hydrogen-bond donors (Lipinski definition) is 3. The minimum absolute atomic E-state index is 0.252. The molecule has 2 atom stereocenters. The Balaban J connectivity index is 2.76. The molecule has 0 aliphatic rings. The maximum absolute atomic E-state index is 11.1. The zero-order chi connectivity index (χ0) is 14.4. The lowest BCUT2D eigenvalue weighted by Crippen LogP contribution is -2.48. The normalized spacial score (nSPS) is 13.6. The molecule has 0 fully saturated rings. The van der Waals surface area contributed by atoms with Crippen molar-refractivity contribution in [3.8, 4) is 5.75 Å². The molecule has 0 spiro atoms. The number of primary amides is 1. The van der Waals surface area contributed by atoms with Crippen molar-refractivity contribution in [1.82, 2.24) is 5.32 Å². The minimum Gasteiger partial charge on any atom is -0.426 e. The molecule has 0 unspecified atom stereocenters. The summed E-state index contributed by atoms with van der Waals surface area (Å²) in [6, 6.07) is 6.07. The number of aliphatic hydroxyl groups is 1. The first kappa shape index (κ1) is 15.1. The van der Waals surface area contributed by atoms with E-state index in [9.17, 15) is 14.7 Å². The Morgan fingerprint density at radius 1 is 1.42 bits per heavy atom. The molecule has 4 N–H and O–H groups in total. The predicted molar refractivity (Wildman–Crippen MR) is 69.3 cm³/mol. The van der Waals surface area contributed by atoms with Crippen molar-refractivity contribution in [2.75, 3.05) is 0 Å². The first-order chi connectivity index (χ1) is 8.91. The molecule has 0 bridgehead atoms. The molecule has 1 aromatic carbocycles. The highest BCUT2D eigenvalue weighted by atomic mass is 16.5. The molecule has 19 heavy (non-hydrogen) atoms. The summed E-state index contributed by atoms with van der Waals surface area (Å²) in [6.07, 6.45) is -0.904. The lowest BCUT2D eigenvalue weighted by molar-refractivity contribution is -0.132. The zero-order valence-corrected chi connectivity index (χ0v) is 10.9. The highest BCUT2D eigenvalue weighted by molar-refractivity contribution is 5.80. The molecule has 0 saturated heterocycles. The van der Waals surface area contributed by atoms with E-state index in [0.29, 0.717) is 11.3 Å². The van der Waals surface area contributed by atoms with Gasteiger partial charge in [0.15, 0.2) is 0 Å². The number of nitrogens with two attached hydrogens (primary N) is 1. The number of nitrogens with one attached hydrogen (secondary N) is 1. The maximum Gasteiger partial charge on any atom is 0.308 e. The van der Waals surface area contributed by atoms with E-state index in [1.54, 1.807) is 24.3 Å². The van der Waals surface area contributed by atoms with Gasteiger partial charge in [-0.2, -0.15) is 0 Å². The van der Waals surface area contributed by atoms with Crippen LogP contribution >= 0.6 is 0 Å². The van der Waals surface area contributed by atoms with E-state index in [4.69, 9.17) is 10.5 Å². The molecule has 6 heteroatoms. The third-order valence-electron chi connectivity index (χ3n) is 2.53. The van der Waals surface area contributed by atoms with Crippen LogP contribution in [0.1, 0.15) is 19.4 Å². The number of ether oxygens (including phenoxy) is 1. The van der Waals surface area contributed by atoms with E-state index in [-0.39, 0.29) is 6.54 Å². The Morgan fingerprint density at radius 2 is 2.05 bits per heavy atom. The Morgan fingerprint density at radius 3 is 2.58 bits per heavy atom. The lowest BCUT2D eigenvalue weighted by Gasteiger charge is -2.18. The molecule has 104 valence electrons. The minimum atomic E-state index is -0.904. The SMILES string of the molecule is CC(=O)Oc1ccccc1CN[C@H](C(N)=O)[C@@H](C)O. The number of amides is 1. The van der Waals surface area contributed by atoms with Gasteiger partial charge in [0.25, 0.3) is 0 Å². The van der Waals surface area contributed by atoms with Crippen molar-refractivity contribution in [1.29, 1.82) is 0 Å². The molecule has 0 aliphatic heterocycles. The van der Waals surface area contributed by atoms with E-state index < -0.39 is 24.0 Å². The monoisotopic (exact) mass is 266 g/mol. The number of rotatable bonds is 6. The summed E-state index contributed by atoms with van der Waals surface area (Å²) >= 11 is 0. The number of esters is 1. The summed E-state index contributed by atoms with van der Waals surface area (Å²) in [5, 5.41) is 12.3. The van der Waals surface area contributed by atoms with Gasteiger partial charge in [0, 0.05) is 19.0 Å². The second kappa shape index (κ2) is 6.86. The van der Waals surface area contributed by atoms with Crippen molar-refractivity contribution in [2.45, 2.75) is 32.5 Å². The van der Waals surface area contributed by atoms with Crippen LogP contribution in [0.2, 0.25) is 0 Å². The van der Waals surface area contributed by atoms with Gasteiger partial charge in [-0.05, 0) is 13.0 Å². The summed E-state index contributed by atoms with van der Waals surface area (Å²) in [6.45, 7) is 3.04. The quantitative estimate of drug-likeness (QED) is 0.494. The number of carbonyl (C=O) groups excluding carboxylic acids is 2. The zero-order valence-electron chi connectivity index (χ0n) is 10.9. The fourth-order valence-electron chi connectivity index (χ4n) is 1.63. The summed E-state index contributed by atoms with van der Waals surface area (Å²) in [4.78, 5) is 22.1. The van der Waals surface area contributed by atoms with Gasteiger partial charge in [0.2, 0.25) is 5.91 Å². The van der Waals surface area contributed by atoms with Crippen LogP contribution in [0, 0.1) is 0 Å². The molecule has 0 saturated carbocycles. The number of hydrogen-bond acceptors (Lipinski definition) is 5. The molecule has 0 radical (unpaired) electrons. The summed E-state index contributed by atoms with van der Waals surface area (Å²) in [5.41, 5.74) is 5.87. The van der Waals surface area contributed by atoms with Gasteiger partial charge in [0.1, 0.15) is 11.8 Å². The van der Waals surface area contributed by atoms with E-state index >= 15 is 0 Å². The summed E-state index contributed by atoms with van der Waals surface area (Å²) < 4.78 is 5.04. The van der Waals surface area contributed by atoms with Crippen LogP contribution in [-0.4, -0.2) is 29.1 Å². The van der Waals surface area contributed by atoms with Gasteiger partial charge < -0.3 is 15.6 Å². The molecular formula is C13H18N2O4. The number of carbonyl (C=O) groups is 2. The number of aliphatic hydroxyl groups excluding tert-OH is 1.